The first-order valence-electron chi connectivity index (χ1n) is 6.41. The second-order valence-electron chi connectivity index (χ2n) is 5.20. The molecule has 0 amide bonds. The summed E-state index contributed by atoms with van der Waals surface area (Å²) in [6.07, 6.45) is 0. The smallest absolute Gasteiger partial charge is 0.124 e. The predicted molar refractivity (Wildman–Crippen MR) is 76.4 cm³/mol. The fourth-order valence-electron chi connectivity index (χ4n) is 2.58. The molecular weight excluding hydrogens is 224 g/mol. The zero-order valence-corrected chi connectivity index (χ0v) is 11.4. The Bertz CT molecular complexity index is 431. The van der Waals surface area contributed by atoms with E-state index in [9.17, 15) is 0 Å². The zero-order valence-electron chi connectivity index (χ0n) is 11.4. The maximum Gasteiger partial charge on any atom is 0.124 e. The van der Waals surface area contributed by atoms with Crippen LogP contribution >= 0.6 is 0 Å². The first-order valence-corrected chi connectivity index (χ1v) is 6.41. The van der Waals surface area contributed by atoms with Crippen molar-refractivity contribution < 1.29 is 0 Å². The zero-order chi connectivity index (χ0) is 13.3. The summed E-state index contributed by atoms with van der Waals surface area (Å²) in [4.78, 5) is 4.74. The highest BCUT2D eigenvalue weighted by Gasteiger charge is 2.27. The lowest BCUT2D eigenvalue weighted by Crippen LogP contribution is -2.55. The number of piperazine rings is 1. The highest BCUT2D eigenvalue weighted by molar-refractivity contribution is 6.00. The van der Waals surface area contributed by atoms with Gasteiger partial charge < -0.3 is 10.6 Å². The van der Waals surface area contributed by atoms with Gasteiger partial charge in [0.2, 0.25) is 0 Å². The number of rotatable bonds is 2. The average molecular weight is 246 g/mol. The van der Waals surface area contributed by atoms with Crippen LogP contribution in [0.3, 0.4) is 0 Å². The number of amidine groups is 1. The van der Waals surface area contributed by atoms with Gasteiger partial charge in [-0.25, -0.2) is 0 Å². The molecule has 0 saturated carbocycles. The number of hydrogen-bond donors (Lipinski definition) is 2. The van der Waals surface area contributed by atoms with E-state index in [1.807, 2.05) is 18.2 Å². The number of anilines is 1. The normalized spacial score (nSPS) is 25.2. The van der Waals surface area contributed by atoms with Gasteiger partial charge in [-0.1, -0.05) is 12.1 Å². The molecule has 0 spiro atoms. The molecule has 1 aliphatic heterocycles. The third kappa shape index (κ3) is 2.34. The van der Waals surface area contributed by atoms with Crippen molar-refractivity contribution in [1.82, 2.24) is 4.90 Å². The standard InChI is InChI=1S/C14H22N4/c1-10-8-18(9-11(2)17(10)3)13-7-5-4-6-12(13)14(15)16/h4-7,10-11H,8-9H2,1-3H3,(H3,15,16). The molecule has 4 heteroatoms. The van der Waals surface area contributed by atoms with E-state index < -0.39 is 0 Å². The molecule has 0 radical (unpaired) electrons. The van der Waals surface area contributed by atoms with Crippen LogP contribution in [0.5, 0.6) is 0 Å². The summed E-state index contributed by atoms with van der Waals surface area (Å²) < 4.78 is 0. The molecule has 1 aliphatic rings. The third-order valence-corrected chi connectivity index (χ3v) is 3.89. The van der Waals surface area contributed by atoms with Crippen LogP contribution in [0.2, 0.25) is 0 Å². The van der Waals surface area contributed by atoms with E-state index in [1.54, 1.807) is 0 Å². The SMILES string of the molecule is CC1CN(c2ccccc2C(=N)N)CC(C)N1C. The average Bonchev–Trinajstić information content (AvgIpc) is 2.35. The van der Waals surface area contributed by atoms with Gasteiger partial charge >= 0.3 is 0 Å². The third-order valence-electron chi connectivity index (χ3n) is 3.89. The summed E-state index contributed by atoms with van der Waals surface area (Å²) in [7, 11) is 2.17. The molecule has 0 aromatic heterocycles. The highest BCUT2D eigenvalue weighted by Crippen LogP contribution is 2.24. The lowest BCUT2D eigenvalue weighted by molar-refractivity contribution is 0.170. The Labute approximate surface area is 109 Å². The van der Waals surface area contributed by atoms with Crippen molar-refractivity contribution in [1.29, 1.82) is 5.41 Å². The molecule has 0 bridgehead atoms. The van der Waals surface area contributed by atoms with E-state index in [-0.39, 0.29) is 5.84 Å². The number of hydrogen-bond acceptors (Lipinski definition) is 3. The van der Waals surface area contributed by atoms with Gasteiger partial charge in [0.1, 0.15) is 5.84 Å². The van der Waals surface area contributed by atoms with Crippen LogP contribution in [0, 0.1) is 5.41 Å². The number of nitrogens with zero attached hydrogens (tertiary/aromatic N) is 2. The van der Waals surface area contributed by atoms with E-state index >= 15 is 0 Å². The number of nitrogens with one attached hydrogen (secondary N) is 1. The number of nitrogen functional groups attached to an aromatic ring is 1. The summed E-state index contributed by atoms with van der Waals surface area (Å²) in [5.74, 6) is 0.143. The second kappa shape index (κ2) is 4.98. The minimum atomic E-state index is 0.143. The van der Waals surface area contributed by atoms with Gasteiger partial charge in [-0.05, 0) is 33.0 Å². The Hall–Kier alpha value is -1.55. The van der Waals surface area contributed by atoms with Gasteiger partial charge in [-0.3, -0.25) is 10.3 Å². The van der Waals surface area contributed by atoms with Crippen LogP contribution in [0.15, 0.2) is 24.3 Å². The van der Waals surface area contributed by atoms with E-state index in [0.29, 0.717) is 12.1 Å². The molecule has 18 heavy (non-hydrogen) atoms. The molecule has 1 aromatic carbocycles. The first-order chi connectivity index (χ1) is 8.50. The second-order valence-corrected chi connectivity index (χ2v) is 5.20. The Kier molecular flexibility index (Phi) is 3.57. The quantitative estimate of drug-likeness (QED) is 0.614. The van der Waals surface area contributed by atoms with Gasteiger partial charge in [0.25, 0.3) is 0 Å². The van der Waals surface area contributed by atoms with E-state index in [1.165, 1.54) is 0 Å². The number of para-hydroxylation sites is 1. The van der Waals surface area contributed by atoms with Crippen molar-refractivity contribution in [2.75, 3.05) is 25.0 Å². The number of benzene rings is 1. The maximum absolute atomic E-state index is 7.68. The Balaban J connectivity index is 2.30. The molecular formula is C14H22N4. The summed E-state index contributed by atoms with van der Waals surface area (Å²) in [6.45, 7) is 6.42. The fraction of sp³-hybridized carbons (Fsp3) is 0.500. The first kappa shape index (κ1) is 12.9. The van der Waals surface area contributed by atoms with Gasteiger partial charge in [0.15, 0.2) is 0 Å². The maximum atomic E-state index is 7.68. The minimum Gasteiger partial charge on any atom is -0.384 e. The molecule has 2 atom stereocenters. The summed E-state index contributed by atoms with van der Waals surface area (Å²) in [5.41, 5.74) is 7.58. The van der Waals surface area contributed by atoms with Crippen LogP contribution < -0.4 is 10.6 Å². The van der Waals surface area contributed by atoms with Gasteiger partial charge in [0, 0.05) is 36.4 Å². The van der Waals surface area contributed by atoms with Crippen molar-refractivity contribution >= 4 is 11.5 Å². The van der Waals surface area contributed by atoms with E-state index in [4.69, 9.17) is 11.1 Å². The molecule has 2 unspecified atom stereocenters. The van der Waals surface area contributed by atoms with Gasteiger partial charge in [-0.2, -0.15) is 0 Å². The van der Waals surface area contributed by atoms with E-state index in [2.05, 4.69) is 36.8 Å². The van der Waals surface area contributed by atoms with Gasteiger partial charge in [0.05, 0.1) is 0 Å². The largest absolute Gasteiger partial charge is 0.384 e. The van der Waals surface area contributed by atoms with Crippen molar-refractivity contribution in [2.24, 2.45) is 5.73 Å². The lowest BCUT2D eigenvalue weighted by Gasteiger charge is -2.44. The number of likely N-dealkylation sites (N-methyl/N-ethyl adjacent to an activating group) is 1. The minimum absolute atomic E-state index is 0.143. The molecule has 3 N–H and O–H groups in total. The predicted octanol–water partition coefficient (Wildman–Crippen LogP) is 1.50. The summed E-state index contributed by atoms with van der Waals surface area (Å²) in [6, 6.07) is 8.94. The highest BCUT2D eigenvalue weighted by atomic mass is 15.3. The fourth-order valence-corrected chi connectivity index (χ4v) is 2.58. The van der Waals surface area contributed by atoms with Crippen molar-refractivity contribution in [2.45, 2.75) is 25.9 Å². The summed E-state index contributed by atoms with van der Waals surface area (Å²) in [5, 5.41) is 7.68. The van der Waals surface area contributed by atoms with E-state index in [0.717, 1.165) is 24.3 Å². The monoisotopic (exact) mass is 246 g/mol. The van der Waals surface area contributed by atoms with Crippen molar-refractivity contribution in [3.63, 3.8) is 0 Å². The molecule has 0 aliphatic carbocycles. The van der Waals surface area contributed by atoms with Crippen LogP contribution in [0.25, 0.3) is 0 Å². The van der Waals surface area contributed by atoms with Crippen LogP contribution in [0.4, 0.5) is 5.69 Å². The lowest BCUT2D eigenvalue weighted by atomic mass is 10.1. The molecule has 1 heterocycles. The van der Waals surface area contributed by atoms with Crippen LogP contribution in [0.1, 0.15) is 19.4 Å². The Morgan fingerprint density at radius 2 is 1.78 bits per heavy atom. The Morgan fingerprint density at radius 3 is 2.33 bits per heavy atom. The van der Waals surface area contributed by atoms with Crippen molar-refractivity contribution in [3.05, 3.63) is 29.8 Å². The molecule has 1 fully saturated rings. The number of nitrogens with two attached hydrogens (primary N) is 1. The van der Waals surface area contributed by atoms with Gasteiger partial charge in [-0.15, -0.1) is 0 Å². The molecule has 1 aromatic rings. The Morgan fingerprint density at radius 1 is 1.22 bits per heavy atom. The molecule has 1 saturated heterocycles. The van der Waals surface area contributed by atoms with Crippen LogP contribution in [-0.4, -0.2) is 43.0 Å². The molecule has 4 nitrogen and oxygen atoms in total. The van der Waals surface area contributed by atoms with Crippen molar-refractivity contribution in [3.8, 4) is 0 Å². The molecule has 98 valence electrons. The topological polar surface area (TPSA) is 56.4 Å². The summed E-state index contributed by atoms with van der Waals surface area (Å²) >= 11 is 0. The molecule has 2 rings (SSSR count). The van der Waals surface area contributed by atoms with Crippen LogP contribution in [-0.2, 0) is 0 Å².